The molecule has 3 saturated carbocycles. The van der Waals surface area contributed by atoms with Gasteiger partial charge in [-0.05, 0) is 87.4 Å². The fraction of sp³-hybridized carbons (Fsp3) is 1.00. The van der Waals surface area contributed by atoms with Gasteiger partial charge in [0.1, 0.15) is 11.2 Å². The number of hydrogen-bond acceptors (Lipinski definition) is 3. The molecule has 32 heavy (non-hydrogen) atoms. The fourth-order valence-electron chi connectivity index (χ4n) is 10.0. The summed E-state index contributed by atoms with van der Waals surface area (Å²) in [5, 5.41) is 20.4. The third-order valence-electron chi connectivity index (χ3n) is 12.0. The van der Waals surface area contributed by atoms with E-state index in [9.17, 15) is 10.2 Å². The highest BCUT2D eigenvalue weighted by molar-refractivity contribution is 5.37. The van der Waals surface area contributed by atoms with Crippen LogP contribution in [0.3, 0.4) is 0 Å². The summed E-state index contributed by atoms with van der Waals surface area (Å²) < 4.78 is 7.14. The Balaban J connectivity index is 1.62. The zero-order chi connectivity index (χ0) is 23.6. The Morgan fingerprint density at radius 1 is 0.844 bits per heavy atom. The van der Waals surface area contributed by atoms with Crippen LogP contribution in [0.1, 0.15) is 119 Å². The van der Waals surface area contributed by atoms with Gasteiger partial charge in [0, 0.05) is 17.4 Å². The molecule has 0 aromatic carbocycles. The van der Waals surface area contributed by atoms with Crippen molar-refractivity contribution in [2.24, 2.45) is 39.9 Å². The van der Waals surface area contributed by atoms with Gasteiger partial charge < -0.3 is 14.9 Å². The Hall–Kier alpha value is -0.120. The van der Waals surface area contributed by atoms with Crippen LogP contribution in [-0.4, -0.2) is 34.1 Å². The molecule has 2 N–H and O–H groups in total. The van der Waals surface area contributed by atoms with Crippen molar-refractivity contribution in [3.05, 3.63) is 0 Å². The highest BCUT2D eigenvalue weighted by Gasteiger charge is 2.89. The number of aliphatic hydroxyl groups excluding tert-OH is 2. The van der Waals surface area contributed by atoms with E-state index in [-0.39, 0.29) is 40.7 Å². The maximum atomic E-state index is 10.8. The lowest BCUT2D eigenvalue weighted by Gasteiger charge is -2.60. The molecule has 0 aromatic rings. The topological polar surface area (TPSA) is 53.0 Å². The first-order valence-corrected chi connectivity index (χ1v) is 13.9. The normalized spacial score (nSPS) is 49.3. The molecule has 1 saturated heterocycles. The average Bonchev–Trinajstić information content (AvgIpc) is 3.35. The summed E-state index contributed by atoms with van der Waals surface area (Å²) in [6, 6.07) is 0. The molecule has 0 aromatic heterocycles. The molecule has 0 unspecified atom stereocenters. The molecule has 0 amide bonds. The molecule has 3 heteroatoms. The predicted octanol–water partition coefficient (Wildman–Crippen LogP) is 6.74. The molecule has 3 aliphatic carbocycles. The molecule has 9 atom stereocenters. The highest BCUT2D eigenvalue weighted by atomic mass is 16.6. The molecule has 1 heterocycles. The zero-order valence-electron chi connectivity index (χ0n) is 22.2. The summed E-state index contributed by atoms with van der Waals surface area (Å²) in [6.07, 6.45) is 12.7. The molecule has 0 bridgehead atoms. The second-order valence-corrected chi connectivity index (χ2v) is 13.6. The van der Waals surface area contributed by atoms with E-state index in [2.05, 4.69) is 41.5 Å². The third-order valence-corrected chi connectivity index (χ3v) is 12.0. The smallest absolute Gasteiger partial charge is 0.104 e. The molecular weight excluding hydrogens is 396 g/mol. The Bertz CT molecular complexity index is 690. The number of epoxide rings is 1. The van der Waals surface area contributed by atoms with Crippen LogP contribution in [0.2, 0.25) is 0 Å². The minimum atomic E-state index is -0.311. The van der Waals surface area contributed by atoms with Crippen molar-refractivity contribution in [3.8, 4) is 0 Å². The minimum absolute atomic E-state index is 0.0189. The second-order valence-electron chi connectivity index (χ2n) is 13.6. The molecular formula is C29H52O3. The Kier molecular flexibility index (Phi) is 6.43. The third kappa shape index (κ3) is 3.08. The van der Waals surface area contributed by atoms with Crippen LogP contribution in [0, 0.1) is 39.9 Å². The zero-order valence-corrected chi connectivity index (χ0v) is 22.2. The Morgan fingerprint density at radius 3 is 2.16 bits per heavy atom. The number of aliphatic hydroxyl groups is 2. The minimum Gasteiger partial charge on any atom is -0.396 e. The maximum absolute atomic E-state index is 10.8. The number of rotatable bonds is 9. The van der Waals surface area contributed by atoms with Crippen LogP contribution in [0.4, 0.5) is 0 Å². The molecule has 186 valence electrons. The van der Waals surface area contributed by atoms with Crippen LogP contribution in [0.15, 0.2) is 0 Å². The van der Waals surface area contributed by atoms with Crippen molar-refractivity contribution >= 4 is 0 Å². The Labute approximate surface area is 198 Å². The number of ether oxygens (including phenoxy) is 1. The monoisotopic (exact) mass is 448 g/mol. The largest absolute Gasteiger partial charge is 0.396 e. The summed E-state index contributed by atoms with van der Waals surface area (Å²) >= 11 is 0. The quantitative estimate of drug-likeness (QED) is 0.384. The van der Waals surface area contributed by atoms with Gasteiger partial charge in [0.2, 0.25) is 0 Å². The molecule has 0 spiro atoms. The van der Waals surface area contributed by atoms with Gasteiger partial charge in [0.25, 0.3) is 0 Å². The SMILES string of the molecule is CC(C)CCC[C@H](C)[C@H]1CC[C@@]2(C)[C@@]34CC[C@@H]([C@H](C)O)[C@](C)(CCCO)[C@]3(CC[C@]12C)O4. The molecule has 1 aliphatic heterocycles. The van der Waals surface area contributed by atoms with E-state index in [4.69, 9.17) is 4.74 Å². The van der Waals surface area contributed by atoms with E-state index in [0.29, 0.717) is 5.41 Å². The maximum Gasteiger partial charge on any atom is 0.104 e. The van der Waals surface area contributed by atoms with E-state index in [1.54, 1.807) is 0 Å². The summed E-state index contributed by atoms with van der Waals surface area (Å²) in [5.74, 6) is 2.67. The van der Waals surface area contributed by atoms with Crippen molar-refractivity contribution in [2.75, 3.05) is 6.61 Å². The van der Waals surface area contributed by atoms with E-state index < -0.39 is 0 Å². The molecule has 3 nitrogen and oxygen atoms in total. The van der Waals surface area contributed by atoms with Gasteiger partial charge in [-0.2, -0.15) is 0 Å². The van der Waals surface area contributed by atoms with Crippen molar-refractivity contribution in [3.63, 3.8) is 0 Å². The van der Waals surface area contributed by atoms with Crippen LogP contribution >= 0.6 is 0 Å². The Morgan fingerprint density at radius 2 is 1.53 bits per heavy atom. The molecule has 0 radical (unpaired) electrons. The second kappa shape index (κ2) is 8.23. The van der Waals surface area contributed by atoms with E-state index in [0.717, 1.165) is 49.9 Å². The van der Waals surface area contributed by atoms with E-state index in [1.165, 1.54) is 38.5 Å². The van der Waals surface area contributed by atoms with Crippen LogP contribution in [-0.2, 0) is 4.74 Å². The summed E-state index contributed by atoms with van der Waals surface area (Å²) in [7, 11) is 0. The van der Waals surface area contributed by atoms with Gasteiger partial charge in [-0.15, -0.1) is 0 Å². The fourth-order valence-corrected chi connectivity index (χ4v) is 10.0. The van der Waals surface area contributed by atoms with Crippen molar-refractivity contribution in [1.82, 2.24) is 0 Å². The van der Waals surface area contributed by atoms with E-state index in [1.807, 2.05) is 6.92 Å². The van der Waals surface area contributed by atoms with Gasteiger partial charge in [-0.25, -0.2) is 0 Å². The summed E-state index contributed by atoms with van der Waals surface area (Å²) in [6.45, 7) is 17.0. The van der Waals surface area contributed by atoms with Crippen molar-refractivity contribution < 1.29 is 14.9 Å². The number of hydrogen-bond donors (Lipinski definition) is 2. The lowest BCUT2D eigenvalue weighted by atomic mass is 9.41. The van der Waals surface area contributed by atoms with Crippen LogP contribution in [0.25, 0.3) is 0 Å². The first kappa shape index (κ1) is 25.0. The summed E-state index contributed by atoms with van der Waals surface area (Å²) in [5.41, 5.74) is 0.403. The highest BCUT2D eigenvalue weighted by Crippen LogP contribution is 2.84. The van der Waals surface area contributed by atoms with Crippen LogP contribution in [0.5, 0.6) is 0 Å². The predicted molar refractivity (Wildman–Crippen MR) is 131 cm³/mol. The van der Waals surface area contributed by atoms with E-state index >= 15 is 0 Å². The number of fused-ring (bicyclic) bond motifs is 1. The van der Waals surface area contributed by atoms with Gasteiger partial charge >= 0.3 is 0 Å². The van der Waals surface area contributed by atoms with Crippen LogP contribution < -0.4 is 0 Å². The van der Waals surface area contributed by atoms with Gasteiger partial charge in [-0.1, -0.05) is 60.8 Å². The first-order chi connectivity index (χ1) is 14.9. The van der Waals surface area contributed by atoms with Gasteiger partial charge in [0.05, 0.1) is 6.10 Å². The molecule has 4 aliphatic rings. The molecule has 4 fully saturated rings. The first-order valence-electron chi connectivity index (χ1n) is 13.9. The van der Waals surface area contributed by atoms with Gasteiger partial charge in [-0.3, -0.25) is 0 Å². The lowest BCUT2D eigenvalue weighted by molar-refractivity contribution is -0.106. The standard InChI is InChI=1S/C29H52O3/c1-20(2)10-8-11-21(3)23-12-15-27(7)25(23,5)17-18-28-26(6,14-9-19-30)24(22(4)31)13-16-29(27,28)32-28/h20-24,30-31H,8-19H2,1-7H3/t21-,22-,23+,24-,25+,26-,27+,28-,29-/m0/s1. The van der Waals surface area contributed by atoms with Gasteiger partial charge in [0.15, 0.2) is 0 Å². The lowest BCUT2D eigenvalue weighted by Crippen LogP contribution is -2.63. The van der Waals surface area contributed by atoms with Crippen molar-refractivity contribution in [1.29, 1.82) is 0 Å². The average molecular weight is 449 g/mol. The van der Waals surface area contributed by atoms with Crippen molar-refractivity contribution in [2.45, 2.75) is 136 Å². The molecule has 4 rings (SSSR count). The summed E-state index contributed by atoms with van der Waals surface area (Å²) in [4.78, 5) is 0.